The van der Waals surface area contributed by atoms with Crippen molar-refractivity contribution in [1.82, 2.24) is 9.97 Å². The zero-order valence-electron chi connectivity index (χ0n) is 10.3. The molecule has 1 aliphatic rings. The zero-order chi connectivity index (χ0) is 12.5. The summed E-state index contributed by atoms with van der Waals surface area (Å²) in [7, 11) is 1.79. The molecule has 2 heterocycles. The molecular weight excluding hydrogens is 240 g/mol. The molecule has 0 radical (unpaired) electrons. The van der Waals surface area contributed by atoms with E-state index in [0.29, 0.717) is 24.2 Å². The van der Waals surface area contributed by atoms with E-state index in [1.54, 1.807) is 13.2 Å². The molecule has 1 N–H and O–H groups in total. The van der Waals surface area contributed by atoms with Crippen LogP contribution in [0.4, 0.5) is 11.8 Å². The molecule has 1 aromatic rings. The number of anilines is 2. The van der Waals surface area contributed by atoms with E-state index in [4.69, 9.17) is 16.3 Å². The summed E-state index contributed by atoms with van der Waals surface area (Å²) in [5, 5.41) is 3.49. The highest BCUT2D eigenvalue weighted by Gasteiger charge is 2.32. The Labute approximate surface area is 106 Å². The highest BCUT2D eigenvalue weighted by atomic mass is 35.5. The summed E-state index contributed by atoms with van der Waals surface area (Å²) in [6.45, 7) is 6.38. The van der Waals surface area contributed by atoms with Crippen LogP contribution >= 0.6 is 11.6 Å². The smallest absolute Gasteiger partial charge is 0.224 e. The quantitative estimate of drug-likeness (QED) is 0.874. The van der Waals surface area contributed by atoms with Crippen LogP contribution in [0.5, 0.6) is 0 Å². The topological polar surface area (TPSA) is 50.3 Å². The third-order valence-electron chi connectivity index (χ3n) is 2.85. The predicted molar refractivity (Wildman–Crippen MR) is 68.8 cm³/mol. The lowest BCUT2D eigenvalue weighted by molar-refractivity contribution is 0.0639. The molecule has 17 heavy (non-hydrogen) atoms. The lowest BCUT2D eigenvalue weighted by Gasteiger charge is -2.43. The molecule has 6 heteroatoms. The Kier molecular flexibility index (Phi) is 3.40. The van der Waals surface area contributed by atoms with Crippen LogP contribution in [0, 0.1) is 0 Å². The van der Waals surface area contributed by atoms with Gasteiger partial charge in [0.05, 0.1) is 24.9 Å². The van der Waals surface area contributed by atoms with Crippen LogP contribution in [0.25, 0.3) is 0 Å². The fraction of sp³-hybridized carbons (Fsp3) is 0.636. The largest absolute Gasteiger partial charge is 0.377 e. The van der Waals surface area contributed by atoms with Crippen molar-refractivity contribution in [2.75, 3.05) is 37.0 Å². The fourth-order valence-electron chi connectivity index (χ4n) is 1.92. The zero-order valence-corrected chi connectivity index (χ0v) is 11.1. The standard InChI is InChI=1S/C11H17ClN4O/c1-11(2)7-17-5-4-16(11)9-8(12)6-14-10(13-3)15-9/h6H,4-5,7H2,1-3H3,(H,13,14,15). The first-order valence-electron chi connectivity index (χ1n) is 5.60. The lowest BCUT2D eigenvalue weighted by atomic mass is 10.0. The van der Waals surface area contributed by atoms with Gasteiger partial charge in [-0.15, -0.1) is 0 Å². The molecule has 0 saturated carbocycles. The van der Waals surface area contributed by atoms with Crippen LogP contribution < -0.4 is 10.2 Å². The Bertz CT molecular complexity index is 410. The van der Waals surface area contributed by atoms with Crippen molar-refractivity contribution in [3.05, 3.63) is 11.2 Å². The van der Waals surface area contributed by atoms with E-state index in [-0.39, 0.29) is 5.54 Å². The number of nitrogens with one attached hydrogen (secondary N) is 1. The van der Waals surface area contributed by atoms with Crippen molar-refractivity contribution < 1.29 is 4.74 Å². The van der Waals surface area contributed by atoms with Gasteiger partial charge in [0.25, 0.3) is 0 Å². The van der Waals surface area contributed by atoms with E-state index >= 15 is 0 Å². The Hall–Kier alpha value is -1.07. The van der Waals surface area contributed by atoms with Crippen molar-refractivity contribution in [2.24, 2.45) is 0 Å². The second-order valence-corrected chi connectivity index (χ2v) is 5.04. The van der Waals surface area contributed by atoms with Gasteiger partial charge < -0.3 is 15.0 Å². The molecule has 94 valence electrons. The molecule has 0 aliphatic carbocycles. The Balaban J connectivity index is 2.37. The second kappa shape index (κ2) is 4.66. The first-order chi connectivity index (χ1) is 8.04. The SMILES string of the molecule is CNc1ncc(Cl)c(N2CCOCC2(C)C)n1. The molecule has 1 aromatic heterocycles. The van der Waals surface area contributed by atoms with E-state index in [9.17, 15) is 0 Å². The van der Waals surface area contributed by atoms with Crippen LogP contribution in [0.2, 0.25) is 5.02 Å². The maximum Gasteiger partial charge on any atom is 0.224 e. The summed E-state index contributed by atoms with van der Waals surface area (Å²) in [5.74, 6) is 1.34. The normalized spacial score (nSPS) is 19.2. The number of rotatable bonds is 2. The van der Waals surface area contributed by atoms with E-state index < -0.39 is 0 Å². The number of hydrogen-bond acceptors (Lipinski definition) is 5. The van der Waals surface area contributed by atoms with Crippen molar-refractivity contribution in [2.45, 2.75) is 19.4 Å². The third kappa shape index (κ3) is 2.45. The minimum atomic E-state index is -0.110. The average Bonchev–Trinajstić information content (AvgIpc) is 2.30. The average molecular weight is 257 g/mol. The van der Waals surface area contributed by atoms with E-state index in [2.05, 4.69) is 34.0 Å². The summed E-state index contributed by atoms with van der Waals surface area (Å²) in [5.41, 5.74) is -0.110. The molecular formula is C11H17ClN4O. The number of ether oxygens (including phenoxy) is 1. The monoisotopic (exact) mass is 256 g/mol. The van der Waals surface area contributed by atoms with Crippen LogP contribution in [-0.2, 0) is 4.74 Å². The number of aromatic nitrogens is 2. The van der Waals surface area contributed by atoms with E-state index in [0.717, 1.165) is 12.4 Å². The van der Waals surface area contributed by atoms with Gasteiger partial charge in [-0.25, -0.2) is 4.98 Å². The highest BCUT2D eigenvalue weighted by molar-refractivity contribution is 6.32. The van der Waals surface area contributed by atoms with Crippen molar-refractivity contribution in [3.8, 4) is 0 Å². The molecule has 0 atom stereocenters. The summed E-state index contributed by atoms with van der Waals surface area (Å²) < 4.78 is 5.49. The van der Waals surface area contributed by atoms with Crippen LogP contribution in [0.15, 0.2) is 6.20 Å². The second-order valence-electron chi connectivity index (χ2n) is 4.63. The number of hydrogen-bond donors (Lipinski definition) is 1. The van der Waals surface area contributed by atoms with Gasteiger partial charge in [-0.2, -0.15) is 4.98 Å². The predicted octanol–water partition coefficient (Wildman–Crippen LogP) is 1.79. The number of morpholine rings is 1. The summed E-state index contributed by atoms with van der Waals surface area (Å²) in [6, 6.07) is 0. The number of nitrogens with zero attached hydrogens (tertiary/aromatic N) is 3. The Morgan fingerprint density at radius 1 is 1.53 bits per heavy atom. The minimum absolute atomic E-state index is 0.110. The molecule has 2 rings (SSSR count). The van der Waals surface area contributed by atoms with Gasteiger partial charge in [-0.05, 0) is 13.8 Å². The lowest BCUT2D eigenvalue weighted by Crippen LogP contribution is -2.53. The van der Waals surface area contributed by atoms with E-state index in [1.807, 2.05) is 0 Å². The maximum atomic E-state index is 6.18. The molecule has 0 aromatic carbocycles. The Morgan fingerprint density at radius 3 is 2.94 bits per heavy atom. The fourth-order valence-corrected chi connectivity index (χ4v) is 2.11. The molecule has 0 spiro atoms. The summed E-state index contributed by atoms with van der Waals surface area (Å²) in [6.07, 6.45) is 1.63. The van der Waals surface area contributed by atoms with Gasteiger partial charge in [0.2, 0.25) is 5.95 Å². The van der Waals surface area contributed by atoms with Gasteiger partial charge >= 0.3 is 0 Å². The number of halogens is 1. The van der Waals surface area contributed by atoms with Gasteiger partial charge in [-0.1, -0.05) is 11.6 Å². The first kappa shape index (κ1) is 12.4. The molecule has 5 nitrogen and oxygen atoms in total. The van der Waals surface area contributed by atoms with Gasteiger partial charge in [0, 0.05) is 13.6 Å². The van der Waals surface area contributed by atoms with Gasteiger partial charge in [0.1, 0.15) is 5.02 Å². The molecule has 0 bridgehead atoms. The van der Waals surface area contributed by atoms with Crippen molar-refractivity contribution in [1.29, 1.82) is 0 Å². The van der Waals surface area contributed by atoms with Crippen LogP contribution in [0.3, 0.4) is 0 Å². The maximum absolute atomic E-state index is 6.18. The van der Waals surface area contributed by atoms with Crippen molar-refractivity contribution in [3.63, 3.8) is 0 Å². The van der Waals surface area contributed by atoms with Crippen molar-refractivity contribution >= 4 is 23.4 Å². The van der Waals surface area contributed by atoms with Crippen LogP contribution in [0.1, 0.15) is 13.8 Å². The first-order valence-corrected chi connectivity index (χ1v) is 5.98. The molecule has 0 amide bonds. The van der Waals surface area contributed by atoms with Crippen LogP contribution in [-0.4, -0.2) is 42.3 Å². The molecule has 0 unspecified atom stereocenters. The van der Waals surface area contributed by atoms with Gasteiger partial charge in [0.15, 0.2) is 5.82 Å². The Morgan fingerprint density at radius 2 is 2.29 bits per heavy atom. The molecule has 1 saturated heterocycles. The third-order valence-corrected chi connectivity index (χ3v) is 3.12. The molecule has 1 fully saturated rings. The van der Waals surface area contributed by atoms with Gasteiger partial charge in [-0.3, -0.25) is 0 Å². The van der Waals surface area contributed by atoms with E-state index in [1.165, 1.54) is 0 Å². The minimum Gasteiger partial charge on any atom is -0.377 e. The summed E-state index contributed by atoms with van der Waals surface area (Å²) >= 11 is 6.18. The molecule has 1 aliphatic heterocycles. The highest BCUT2D eigenvalue weighted by Crippen LogP contribution is 2.31. The summed E-state index contributed by atoms with van der Waals surface area (Å²) in [4.78, 5) is 10.7.